The van der Waals surface area contributed by atoms with Crippen LogP contribution < -0.4 is 5.32 Å². The molecule has 1 rings (SSSR count). The van der Waals surface area contributed by atoms with Gasteiger partial charge in [0.05, 0.1) is 5.92 Å². The maximum atomic E-state index is 12.5. The number of carbonyl (C=O) groups excluding carboxylic acids is 1. The fourth-order valence-corrected chi connectivity index (χ4v) is 2.39. The lowest BCUT2D eigenvalue weighted by Crippen LogP contribution is -2.46. The summed E-state index contributed by atoms with van der Waals surface area (Å²) in [7, 11) is 0. The molecule has 0 radical (unpaired) electrons. The predicted octanol–water partition coefficient (Wildman–Crippen LogP) is 3.31. The molecule has 0 saturated heterocycles. The number of hydrogen-bond donors (Lipinski definition) is 2. The topological polar surface area (TPSA) is 66.4 Å². The van der Waals surface area contributed by atoms with Gasteiger partial charge in [-0.25, -0.2) is 4.79 Å². The summed E-state index contributed by atoms with van der Waals surface area (Å²) >= 11 is 5.86. The molecule has 1 aromatic rings. The average Bonchev–Trinajstić information content (AvgIpc) is 2.37. The molecule has 0 aliphatic carbocycles. The number of benzene rings is 1. The van der Waals surface area contributed by atoms with E-state index in [-0.39, 0.29) is 17.7 Å². The SMILES string of the molecule is CC(C)C(NC(=O)C(c1ccc(Cl)cc1)C(C)C)C(=O)O. The third-order valence-electron chi connectivity index (χ3n) is 3.41. The monoisotopic (exact) mass is 311 g/mol. The minimum atomic E-state index is -1.02. The van der Waals surface area contributed by atoms with Crippen LogP contribution >= 0.6 is 11.6 Å². The Labute approximate surface area is 130 Å². The minimum Gasteiger partial charge on any atom is -0.480 e. The van der Waals surface area contributed by atoms with Crippen molar-refractivity contribution in [2.45, 2.75) is 39.7 Å². The fraction of sp³-hybridized carbons (Fsp3) is 0.500. The van der Waals surface area contributed by atoms with Crippen LogP contribution in [-0.2, 0) is 9.59 Å². The van der Waals surface area contributed by atoms with Crippen molar-refractivity contribution in [2.24, 2.45) is 11.8 Å². The van der Waals surface area contributed by atoms with E-state index < -0.39 is 17.9 Å². The van der Waals surface area contributed by atoms with Gasteiger partial charge in [0.25, 0.3) is 0 Å². The number of halogens is 1. The lowest BCUT2D eigenvalue weighted by Gasteiger charge is -2.25. The standard InChI is InChI=1S/C16H22ClNO3/c1-9(2)13(11-5-7-12(17)8-6-11)15(19)18-14(10(3)4)16(20)21/h5-10,13-14H,1-4H3,(H,18,19)(H,20,21). The van der Waals surface area contributed by atoms with Crippen LogP contribution in [0.5, 0.6) is 0 Å². The van der Waals surface area contributed by atoms with Gasteiger partial charge in [0, 0.05) is 5.02 Å². The van der Waals surface area contributed by atoms with Crippen LogP contribution in [0.15, 0.2) is 24.3 Å². The molecule has 2 atom stereocenters. The molecule has 1 amide bonds. The van der Waals surface area contributed by atoms with Gasteiger partial charge < -0.3 is 10.4 Å². The normalized spacial score (nSPS) is 14.0. The average molecular weight is 312 g/mol. The van der Waals surface area contributed by atoms with Gasteiger partial charge in [0.2, 0.25) is 5.91 Å². The largest absolute Gasteiger partial charge is 0.480 e. The first-order valence-corrected chi connectivity index (χ1v) is 7.40. The first-order chi connectivity index (χ1) is 9.73. The number of carboxylic acid groups (broad SMARTS) is 1. The number of rotatable bonds is 6. The van der Waals surface area contributed by atoms with E-state index >= 15 is 0 Å². The van der Waals surface area contributed by atoms with Gasteiger partial charge in [-0.05, 0) is 29.5 Å². The van der Waals surface area contributed by atoms with Crippen LogP contribution in [0.3, 0.4) is 0 Å². The third-order valence-corrected chi connectivity index (χ3v) is 3.66. The smallest absolute Gasteiger partial charge is 0.326 e. The zero-order chi connectivity index (χ0) is 16.2. The summed E-state index contributed by atoms with van der Waals surface area (Å²) in [5.74, 6) is -1.81. The molecule has 0 aromatic heterocycles. The summed E-state index contributed by atoms with van der Waals surface area (Å²) in [5, 5.41) is 12.4. The Morgan fingerprint density at radius 3 is 1.95 bits per heavy atom. The summed E-state index contributed by atoms with van der Waals surface area (Å²) in [4.78, 5) is 23.7. The number of carbonyl (C=O) groups is 2. The number of carboxylic acids is 1. The van der Waals surface area contributed by atoms with Crippen LogP contribution in [0.2, 0.25) is 5.02 Å². The molecule has 116 valence electrons. The van der Waals surface area contributed by atoms with E-state index in [0.29, 0.717) is 5.02 Å². The highest BCUT2D eigenvalue weighted by Crippen LogP contribution is 2.26. The van der Waals surface area contributed by atoms with Crippen LogP contribution in [0.25, 0.3) is 0 Å². The Morgan fingerprint density at radius 2 is 1.57 bits per heavy atom. The number of aliphatic carboxylic acids is 1. The molecule has 0 aliphatic heterocycles. The van der Waals surface area contributed by atoms with Crippen molar-refractivity contribution < 1.29 is 14.7 Å². The second-order valence-electron chi connectivity index (χ2n) is 5.84. The number of nitrogens with one attached hydrogen (secondary N) is 1. The first-order valence-electron chi connectivity index (χ1n) is 7.02. The van der Waals surface area contributed by atoms with Gasteiger partial charge in [-0.3, -0.25) is 4.79 Å². The summed E-state index contributed by atoms with van der Waals surface area (Å²) in [5.41, 5.74) is 0.833. The van der Waals surface area contributed by atoms with Gasteiger partial charge in [0.15, 0.2) is 0 Å². The van der Waals surface area contributed by atoms with E-state index in [0.717, 1.165) is 5.56 Å². The van der Waals surface area contributed by atoms with Crippen molar-refractivity contribution in [3.63, 3.8) is 0 Å². The molecular weight excluding hydrogens is 290 g/mol. The molecule has 0 heterocycles. The summed E-state index contributed by atoms with van der Waals surface area (Å²) in [6.07, 6.45) is 0. The Kier molecular flexibility index (Phi) is 6.21. The first kappa shape index (κ1) is 17.5. The van der Waals surface area contributed by atoms with Crippen LogP contribution in [0, 0.1) is 11.8 Å². The van der Waals surface area contributed by atoms with E-state index in [9.17, 15) is 14.7 Å². The van der Waals surface area contributed by atoms with E-state index in [2.05, 4.69) is 5.32 Å². The van der Waals surface area contributed by atoms with E-state index in [4.69, 9.17) is 11.6 Å². The lowest BCUT2D eigenvalue weighted by molar-refractivity contribution is -0.143. The quantitative estimate of drug-likeness (QED) is 0.847. The molecule has 5 heteroatoms. The van der Waals surface area contributed by atoms with Gasteiger partial charge in [-0.2, -0.15) is 0 Å². The molecule has 4 nitrogen and oxygen atoms in total. The molecule has 21 heavy (non-hydrogen) atoms. The van der Waals surface area contributed by atoms with Crippen molar-refractivity contribution >= 4 is 23.5 Å². The Morgan fingerprint density at radius 1 is 1.05 bits per heavy atom. The van der Waals surface area contributed by atoms with Gasteiger partial charge in [0.1, 0.15) is 6.04 Å². The molecule has 0 bridgehead atoms. The maximum absolute atomic E-state index is 12.5. The predicted molar refractivity (Wildman–Crippen MR) is 83.4 cm³/mol. The molecule has 0 fully saturated rings. The minimum absolute atomic E-state index is 0.0489. The molecular formula is C16H22ClNO3. The second kappa shape index (κ2) is 7.46. The highest BCUT2D eigenvalue weighted by atomic mass is 35.5. The highest BCUT2D eigenvalue weighted by Gasteiger charge is 2.30. The number of amides is 1. The maximum Gasteiger partial charge on any atom is 0.326 e. The van der Waals surface area contributed by atoms with Crippen molar-refractivity contribution in [1.82, 2.24) is 5.32 Å². The highest BCUT2D eigenvalue weighted by molar-refractivity contribution is 6.30. The van der Waals surface area contributed by atoms with Crippen molar-refractivity contribution in [1.29, 1.82) is 0 Å². The van der Waals surface area contributed by atoms with Gasteiger partial charge in [-0.1, -0.05) is 51.4 Å². The van der Waals surface area contributed by atoms with E-state index in [1.54, 1.807) is 38.1 Å². The molecule has 2 unspecified atom stereocenters. The molecule has 0 spiro atoms. The van der Waals surface area contributed by atoms with Crippen molar-refractivity contribution in [2.75, 3.05) is 0 Å². The summed E-state index contributed by atoms with van der Waals surface area (Å²) in [6, 6.07) is 6.19. The van der Waals surface area contributed by atoms with Crippen LogP contribution in [-0.4, -0.2) is 23.0 Å². The lowest BCUT2D eigenvalue weighted by atomic mass is 9.87. The van der Waals surface area contributed by atoms with Crippen LogP contribution in [0.1, 0.15) is 39.2 Å². The zero-order valence-electron chi connectivity index (χ0n) is 12.8. The fourth-order valence-electron chi connectivity index (χ4n) is 2.27. The molecule has 0 saturated carbocycles. The second-order valence-corrected chi connectivity index (χ2v) is 6.28. The zero-order valence-corrected chi connectivity index (χ0v) is 13.5. The van der Waals surface area contributed by atoms with Crippen molar-refractivity contribution in [3.8, 4) is 0 Å². The third kappa shape index (κ3) is 4.74. The van der Waals surface area contributed by atoms with E-state index in [1.807, 2.05) is 13.8 Å². The Bertz CT molecular complexity index is 497. The number of hydrogen-bond acceptors (Lipinski definition) is 2. The van der Waals surface area contributed by atoms with Gasteiger partial charge in [-0.15, -0.1) is 0 Å². The summed E-state index contributed by atoms with van der Waals surface area (Å²) < 4.78 is 0. The van der Waals surface area contributed by atoms with E-state index in [1.165, 1.54) is 0 Å². The molecule has 2 N–H and O–H groups in total. The Hall–Kier alpha value is -1.55. The van der Waals surface area contributed by atoms with Crippen LogP contribution in [0.4, 0.5) is 0 Å². The van der Waals surface area contributed by atoms with Crippen molar-refractivity contribution in [3.05, 3.63) is 34.9 Å². The summed E-state index contributed by atoms with van der Waals surface area (Å²) in [6.45, 7) is 7.41. The molecule has 0 aliphatic rings. The Balaban J connectivity index is 2.98. The van der Waals surface area contributed by atoms with Gasteiger partial charge >= 0.3 is 5.97 Å². The molecule has 1 aromatic carbocycles.